The summed E-state index contributed by atoms with van der Waals surface area (Å²) in [6.07, 6.45) is 0. The van der Waals surface area contributed by atoms with Gasteiger partial charge in [-0.2, -0.15) is 0 Å². The summed E-state index contributed by atoms with van der Waals surface area (Å²) in [5, 5.41) is 8.77. The molecule has 7 heteroatoms. The molecule has 0 radical (unpaired) electrons. The van der Waals surface area contributed by atoms with Crippen molar-refractivity contribution in [3.8, 4) is 0 Å². The maximum absolute atomic E-state index is 13.1. The van der Waals surface area contributed by atoms with E-state index in [1.807, 2.05) is 58.0 Å². The number of carbonyl (C=O) groups excluding carboxylic acids is 3. The second kappa shape index (κ2) is 11.3. The summed E-state index contributed by atoms with van der Waals surface area (Å²) in [5.41, 5.74) is 2.66. The summed E-state index contributed by atoms with van der Waals surface area (Å²) in [4.78, 5) is 39.7. The van der Waals surface area contributed by atoms with Gasteiger partial charge in [0, 0.05) is 40.3 Å². The Kier molecular flexibility index (Phi) is 8.25. The zero-order valence-electron chi connectivity index (χ0n) is 20.6. The van der Waals surface area contributed by atoms with Gasteiger partial charge in [0.15, 0.2) is 0 Å². The van der Waals surface area contributed by atoms with Crippen LogP contribution in [0.2, 0.25) is 0 Å². The Labute approximate surface area is 206 Å². The number of hydrogen-bond acceptors (Lipinski definition) is 4. The van der Waals surface area contributed by atoms with Crippen molar-refractivity contribution in [2.24, 2.45) is 0 Å². The molecule has 3 aromatic carbocycles. The molecule has 3 N–H and O–H groups in total. The largest absolute Gasteiger partial charge is 0.376 e. The van der Waals surface area contributed by atoms with E-state index in [0.29, 0.717) is 29.0 Å². The highest BCUT2D eigenvalue weighted by atomic mass is 16.2. The van der Waals surface area contributed by atoms with Crippen LogP contribution in [0.1, 0.15) is 48.4 Å². The molecule has 182 valence electrons. The van der Waals surface area contributed by atoms with Gasteiger partial charge in [-0.1, -0.05) is 30.3 Å². The van der Waals surface area contributed by atoms with Crippen molar-refractivity contribution in [3.05, 3.63) is 90.0 Å². The summed E-state index contributed by atoms with van der Waals surface area (Å²) in [5.74, 6) is -0.587. The van der Waals surface area contributed by atoms with E-state index < -0.39 is 0 Å². The fraction of sp³-hybridized carbons (Fsp3) is 0.250. The molecular formula is C28H32N4O3. The van der Waals surface area contributed by atoms with Crippen molar-refractivity contribution in [3.63, 3.8) is 0 Å². The lowest BCUT2D eigenvalue weighted by Gasteiger charge is -2.21. The highest BCUT2D eigenvalue weighted by Gasteiger charge is 2.17. The average Bonchev–Trinajstić information content (AvgIpc) is 2.83. The van der Waals surface area contributed by atoms with Crippen molar-refractivity contribution in [1.82, 2.24) is 5.32 Å². The van der Waals surface area contributed by atoms with Gasteiger partial charge in [-0.05, 0) is 76.2 Å². The molecule has 0 bridgehead atoms. The molecule has 3 aromatic rings. The average molecular weight is 473 g/mol. The smallest absolute Gasteiger partial charge is 0.258 e. The molecule has 35 heavy (non-hydrogen) atoms. The molecule has 0 aliphatic heterocycles. The van der Waals surface area contributed by atoms with E-state index in [0.717, 1.165) is 5.69 Å². The third kappa shape index (κ3) is 7.43. The Balaban J connectivity index is 1.61. The van der Waals surface area contributed by atoms with Crippen molar-refractivity contribution in [2.45, 2.75) is 33.2 Å². The van der Waals surface area contributed by atoms with Crippen LogP contribution < -0.4 is 20.9 Å². The molecule has 0 atom stereocenters. The van der Waals surface area contributed by atoms with Crippen molar-refractivity contribution >= 4 is 34.8 Å². The molecule has 0 aliphatic rings. The minimum Gasteiger partial charge on any atom is -0.376 e. The van der Waals surface area contributed by atoms with Crippen LogP contribution in [0.5, 0.6) is 0 Å². The molecule has 0 unspecified atom stereocenters. The predicted molar refractivity (Wildman–Crippen MR) is 141 cm³/mol. The molecule has 0 aliphatic carbocycles. The quantitative estimate of drug-likeness (QED) is 0.433. The maximum Gasteiger partial charge on any atom is 0.258 e. The van der Waals surface area contributed by atoms with Crippen LogP contribution in [0.4, 0.5) is 17.1 Å². The first-order valence-corrected chi connectivity index (χ1v) is 11.6. The van der Waals surface area contributed by atoms with Crippen LogP contribution in [0.15, 0.2) is 78.9 Å². The monoisotopic (exact) mass is 472 g/mol. The Hall–Kier alpha value is -4.13. The molecule has 0 saturated heterocycles. The van der Waals surface area contributed by atoms with E-state index >= 15 is 0 Å². The SMILES string of the molecule is CCN(C(=O)c1cccc(NCC(=O)Nc2cccc(C(=O)NC(C)(C)C)c2)c1)c1ccccc1. The van der Waals surface area contributed by atoms with E-state index in [4.69, 9.17) is 0 Å². The lowest BCUT2D eigenvalue weighted by molar-refractivity contribution is -0.114. The van der Waals surface area contributed by atoms with Gasteiger partial charge in [-0.3, -0.25) is 14.4 Å². The first-order chi connectivity index (χ1) is 16.7. The number of nitrogens with zero attached hydrogens (tertiary/aromatic N) is 1. The minimum absolute atomic E-state index is 0.00619. The van der Waals surface area contributed by atoms with Crippen LogP contribution >= 0.6 is 0 Å². The number of nitrogens with one attached hydrogen (secondary N) is 3. The molecule has 0 spiro atoms. The Morgan fingerprint density at radius 3 is 2.09 bits per heavy atom. The highest BCUT2D eigenvalue weighted by molar-refractivity contribution is 6.06. The van der Waals surface area contributed by atoms with E-state index in [2.05, 4.69) is 16.0 Å². The van der Waals surface area contributed by atoms with Crippen molar-refractivity contribution in [2.75, 3.05) is 28.6 Å². The summed E-state index contributed by atoms with van der Waals surface area (Å²) < 4.78 is 0. The van der Waals surface area contributed by atoms with E-state index in [9.17, 15) is 14.4 Å². The summed E-state index contributed by atoms with van der Waals surface area (Å²) in [6.45, 7) is 8.20. The van der Waals surface area contributed by atoms with Crippen LogP contribution in [0.25, 0.3) is 0 Å². The molecule has 3 rings (SSSR count). The Morgan fingerprint density at radius 1 is 0.800 bits per heavy atom. The first kappa shape index (κ1) is 25.5. The van der Waals surface area contributed by atoms with Crippen LogP contribution in [-0.4, -0.2) is 36.3 Å². The van der Waals surface area contributed by atoms with E-state index in [1.165, 1.54) is 0 Å². The first-order valence-electron chi connectivity index (χ1n) is 11.6. The summed E-state index contributed by atoms with van der Waals surface area (Å²) in [7, 11) is 0. The molecule has 0 aromatic heterocycles. The van der Waals surface area contributed by atoms with Gasteiger partial charge in [0.25, 0.3) is 11.8 Å². The number of para-hydroxylation sites is 1. The number of amides is 3. The van der Waals surface area contributed by atoms with Crippen molar-refractivity contribution in [1.29, 1.82) is 0 Å². The molecule has 0 saturated carbocycles. The molecule has 3 amide bonds. The summed E-state index contributed by atoms with van der Waals surface area (Å²) in [6, 6.07) is 23.4. The van der Waals surface area contributed by atoms with Gasteiger partial charge < -0.3 is 20.9 Å². The van der Waals surface area contributed by atoms with Crippen LogP contribution in [-0.2, 0) is 4.79 Å². The van der Waals surface area contributed by atoms with E-state index in [1.54, 1.807) is 53.4 Å². The van der Waals surface area contributed by atoms with Crippen LogP contribution in [0.3, 0.4) is 0 Å². The second-order valence-corrected chi connectivity index (χ2v) is 9.15. The number of anilines is 3. The molecule has 0 fully saturated rings. The van der Waals surface area contributed by atoms with Crippen LogP contribution in [0, 0.1) is 0 Å². The Bertz CT molecular complexity index is 1190. The summed E-state index contributed by atoms with van der Waals surface area (Å²) >= 11 is 0. The van der Waals surface area contributed by atoms with Gasteiger partial charge in [0.2, 0.25) is 5.91 Å². The topological polar surface area (TPSA) is 90.5 Å². The van der Waals surface area contributed by atoms with Gasteiger partial charge >= 0.3 is 0 Å². The molecular weight excluding hydrogens is 440 g/mol. The normalized spacial score (nSPS) is 10.9. The number of benzene rings is 3. The fourth-order valence-corrected chi connectivity index (χ4v) is 3.51. The number of hydrogen-bond donors (Lipinski definition) is 3. The Morgan fingerprint density at radius 2 is 1.43 bits per heavy atom. The molecule has 7 nitrogen and oxygen atoms in total. The van der Waals surface area contributed by atoms with Gasteiger partial charge in [0.05, 0.1) is 6.54 Å². The van der Waals surface area contributed by atoms with Gasteiger partial charge in [-0.25, -0.2) is 0 Å². The maximum atomic E-state index is 13.1. The second-order valence-electron chi connectivity index (χ2n) is 9.15. The lowest BCUT2D eigenvalue weighted by atomic mass is 10.1. The minimum atomic E-state index is -0.356. The predicted octanol–water partition coefficient (Wildman–Crippen LogP) is 4.93. The third-order valence-corrected chi connectivity index (χ3v) is 5.09. The molecule has 0 heterocycles. The van der Waals surface area contributed by atoms with E-state index in [-0.39, 0.29) is 29.8 Å². The lowest BCUT2D eigenvalue weighted by Crippen LogP contribution is -2.40. The van der Waals surface area contributed by atoms with Gasteiger partial charge in [-0.15, -0.1) is 0 Å². The number of carbonyl (C=O) groups is 3. The zero-order valence-corrected chi connectivity index (χ0v) is 20.6. The number of rotatable bonds is 8. The standard InChI is InChI=1S/C28H32N4O3/c1-5-32(24-15-7-6-8-16-24)27(35)21-12-10-13-22(18-21)29-19-25(33)30-23-14-9-11-20(17-23)26(34)31-28(2,3)4/h6-18,29H,5,19H2,1-4H3,(H,30,33)(H,31,34). The zero-order chi connectivity index (χ0) is 25.4. The fourth-order valence-electron chi connectivity index (χ4n) is 3.51. The highest BCUT2D eigenvalue weighted by Crippen LogP contribution is 2.19. The van der Waals surface area contributed by atoms with Crippen molar-refractivity contribution < 1.29 is 14.4 Å². The third-order valence-electron chi connectivity index (χ3n) is 5.09. The van der Waals surface area contributed by atoms with Gasteiger partial charge in [0.1, 0.15) is 0 Å².